The smallest absolute Gasteiger partial charge is 0.222 e. The van der Waals surface area contributed by atoms with Crippen LogP contribution in [0.15, 0.2) is 0 Å². The van der Waals surface area contributed by atoms with Crippen LogP contribution in [0.25, 0.3) is 0 Å². The number of hydrogen-bond acceptors (Lipinski definition) is 2. The summed E-state index contributed by atoms with van der Waals surface area (Å²) in [5, 5.41) is 6.61. The quantitative estimate of drug-likeness (QED) is 0.734. The van der Waals surface area contributed by atoms with E-state index in [1.165, 1.54) is 25.7 Å². The lowest BCUT2D eigenvalue weighted by molar-refractivity contribution is -0.123. The second-order valence-electron chi connectivity index (χ2n) is 7.67. The Balaban J connectivity index is 2.06. The van der Waals surface area contributed by atoms with Crippen molar-refractivity contribution >= 4 is 5.91 Å². The molecule has 1 fully saturated rings. The van der Waals surface area contributed by atoms with Crippen LogP contribution in [0.1, 0.15) is 66.7 Å². The molecule has 1 aliphatic rings. The summed E-state index contributed by atoms with van der Waals surface area (Å²) in [7, 11) is 0. The fraction of sp³-hybridized carbons (Fsp3) is 0.941. The molecule has 118 valence electrons. The van der Waals surface area contributed by atoms with Gasteiger partial charge in [-0.1, -0.05) is 34.6 Å². The van der Waals surface area contributed by atoms with Gasteiger partial charge in [-0.25, -0.2) is 0 Å². The number of hydrogen-bond donors (Lipinski definition) is 2. The van der Waals surface area contributed by atoms with Crippen LogP contribution in [0, 0.1) is 17.3 Å². The van der Waals surface area contributed by atoms with Crippen molar-refractivity contribution in [2.45, 2.75) is 72.8 Å². The van der Waals surface area contributed by atoms with Crippen LogP contribution in [-0.2, 0) is 4.79 Å². The highest BCUT2D eigenvalue weighted by Gasteiger charge is 2.29. The highest BCUT2D eigenvalue weighted by molar-refractivity contribution is 5.77. The van der Waals surface area contributed by atoms with Crippen molar-refractivity contribution in [2.24, 2.45) is 17.3 Å². The van der Waals surface area contributed by atoms with Crippen LogP contribution in [-0.4, -0.2) is 25.0 Å². The molecule has 0 aromatic heterocycles. The van der Waals surface area contributed by atoms with Gasteiger partial charge in [0.05, 0.1) is 0 Å². The minimum absolute atomic E-state index is 0.0932. The van der Waals surface area contributed by atoms with E-state index in [9.17, 15) is 4.79 Å². The normalized spacial score (nSPS) is 23.9. The Hall–Kier alpha value is -0.570. The molecule has 1 saturated carbocycles. The van der Waals surface area contributed by atoms with E-state index in [1.807, 2.05) is 13.8 Å². The number of amides is 1. The maximum absolute atomic E-state index is 11.4. The van der Waals surface area contributed by atoms with E-state index in [1.54, 1.807) is 0 Å². The van der Waals surface area contributed by atoms with Crippen LogP contribution >= 0.6 is 0 Å². The predicted molar refractivity (Wildman–Crippen MR) is 85.7 cm³/mol. The van der Waals surface area contributed by atoms with Gasteiger partial charge in [-0.15, -0.1) is 0 Å². The molecule has 0 bridgehead atoms. The largest absolute Gasteiger partial charge is 0.356 e. The molecule has 0 aromatic rings. The van der Waals surface area contributed by atoms with Gasteiger partial charge in [-0.3, -0.25) is 4.79 Å². The van der Waals surface area contributed by atoms with Gasteiger partial charge in [0.1, 0.15) is 0 Å². The van der Waals surface area contributed by atoms with Gasteiger partial charge in [-0.2, -0.15) is 0 Å². The average molecular weight is 282 g/mol. The Kier molecular flexibility index (Phi) is 7.01. The van der Waals surface area contributed by atoms with Crippen molar-refractivity contribution < 1.29 is 4.79 Å². The zero-order valence-corrected chi connectivity index (χ0v) is 14.1. The van der Waals surface area contributed by atoms with Gasteiger partial charge in [-0.05, 0) is 50.0 Å². The number of carbonyl (C=O) groups excluding carboxylic acids is 1. The van der Waals surface area contributed by atoms with Crippen LogP contribution < -0.4 is 10.6 Å². The first-order chi connectivity index (χ1) is 9.30. The molecule has 0 atom stereocenters. The molecule has 0 aromatic carbocycles. The minimum Gasteiger partial charge on any atom is -0.356 e. The number of nitrogens with one attached hydrogen (secondary N) is 2. The first kappa shape index (κ1) is 17.5. The Bertz CT molecular complexity index is 286. The van der Waals surface area contributed by atoms with E-state index < -0.39 is 0 Å². The Morgan fingerprint density at radius 1 is 1.10 bits per heavy atom. The van der Waals surface area contributed by atoms with Crippen molar-refractivity contribution in [1.82, 2.24) is 10.6 Å². The summed E-state index contributed by atoms with van der Waals surface area (Å²) in [4.78, 5) is 11.4. The second kappa shape index (κ2) is 8.02. The molecule has 0 unspecified atom stereocenters. The molecule has 1 amide bonds. The monoisotopic (exact) mass is 282 g/mol. The van der Waals surface area contributed by atoms with Gasteiger partial charge >= 0.3 is 0 Å². The number of carbonyl (C=O) groups is 1. The van der Waals surface area contributed by atoms with Gasteiger partial charge in [0, 0.05) is 18.5 Å². The van der Waals surface area contributed by atoms with Crippen LogP contribution in [0.5, 0.6) is 0 Å². The third-order valence-electron chi connectivity index (χ3n) is 4.56. The van der Waals surface area contributed by atoms with Crippen molar-refractivity contribution in [2.75, 3.05) is 13.1 Å². The van der Waals surface area contributed by atoms with E-state index in [-0.39, 0.29) is 11.8 Å². The lowest BCUT2D eigenvalue weighted by Gasteiger charge is -2.37. The van der Waals surface area contributed by atoms with Crippen molar-refractivity contribution in [3.8, 4) is 0 Å². The van der Waals surface area contributed by atoms with E-state index in [2.05, 4.69) is 31.4 Å². The van der Waals surface area contributed by atoms with Crippen molar-refractivity contribution in [3.05, 3.63) is 0 Å². The van der Waals surface area contributed by atoms with Crippen LogP contribution in [0.3, 0.4) is 0 Å². The zero-order chi connectivity index (χ0) is 15.2. The first-order valence-corrected chi connectivity index (χ1v) is 8.31. The lowest BCUT2D eigenvalue weighted by atomic mass is 9.71. The van der Waals surface area contributed by atoms with Gasteiger partial charge in [0.2, 0.25) is 5.91 Å². The SMILES string of the molecule is CC(C)C(=O)NCCCNC1CCC(C(C)(C)C)CC1. The fourth-order valence-corrected chi connectivity index (χ4v) is 2.97. The standard InChI is InChI=1S/C17H34N2O/c1-13(2)16(20)19-12-6-11-18-15-9-7-14(8-10-15)17(3,4)5/h13-15,18H,6-12H2,1-5H3,(H,19,20). The molecule has 0 heterocycles. The molecule has 1 rings (SSSR count). The van der Waals surface area contributed by atoms with Gasteiger partial charge in [0.25, 0.3) is 0 Å². The summed E-state index contributed by atoms with van der Waals surface area (Å²) in [6.07, 6.45) is 6.34. The zero-order valence-electron chi connectivity index (χ0n) is 14.1. The predicted octanol–water partition coefficient (Wildman–Crippen LogP) is 3.34. The van der Waals surface area contributed by atoms with Crippen molar-refractivity contribution in [3.63, 3.8) is 0 Å². The molecule has 0 spiro atoms. The minimum atomic E-state index is 0.0932. The maximum Gasteiger partial charge on any atom is 0.222 e. The summed E-state index contributed by atoms with van der Waals surface area (Å²) >= 11 is 0. The molecule has 0 aliphatic heterocycles. The molecular weight excluding hydrogens is 248 g/mol. The summed E-state index contributed by atoms with van der Waals surface area (Å²) in [6.45, 7) is 12.8. The van der Waals surface area contributed by atoms with Gasteiger partial charge < -0.3 is 10.6 Å². The molecule has 0 saturated heterocycles. The molecule has 2 N–H and O–H groups in total. The molecule has 20 heavy (non-hydrogen) atoms. The Morgan fingerprint density at radius 3 is 2.20 bits per heavy atom. The van der Waals surface area contributed by atoms with Gasteiger partial charge in [0.15, 0.2) is 0 Å². The van der Waals surface area contributed by atoms with Crippen LogP contribution in [0.4, 0.5) is 0 Å². The highest BCUT2D eigenvalue weighted by Crippen LogP contribution is 2.37. The topological polar surface area (TPSA) is 41.1 Å². The molecule has 3 heteroatoms. The van der Waals surface area contributed by atoms with E-state index >= 15 is 0 Å². The third kappa shape index (κ3) is 6.25. The molecule has 0 radical (unpaired) electrons. The Morgan fingerprint density at radius 2 is 1.70 bits per heavy atom. The highest BCUT2D eigenvalue weighted by atomic mass is 16.1. The Labute approximate surface area is 125 Å². The first-order valence-electron chi connectivity index (χ1n) is 8.31. The fourth-order valence-electron chi connectivity index (χ4n) is 2.97. The van der Waals surface area contributed by atoms with Crippen molar-refractivity contribution in [1.29, 1.82) is 0 Å². The van der Waals surface area contributed by atoms with E-state index in [0.29, 0.717) is 11.5 Å². The average Bonchev–Trinajstić information content (AvgIpc) is 2.37. The van der Waals surface area contributed by atoms with Crippen LogP contribution in [0.2, 0.25) is 0 Å². The maximum atomic E-state index is 11.4. The lowest BCUT2D eigenvalue weighted by Crippen LogP contribution is -2.37. The second-order valence-corrected chi connectivity index (χ2v) is 7.67. The third-order valence-corrected chi connectivity index (χ3v) is 4.56. The molecule has 3 nitrogen and oxygen atoms in total. The molecular formula is C17H34N2O. The molecule has 1 aliphatic carbocycles. The summed E-state index contributed by atoms with van der Waals surface area (Å²) in [6, 6.07) is 0.689. The van der Waals surface area contributed by atoms with E-state index in [4.69, 9.17) is 0 Å². The summed E-state index contributed by atoms with van der Waals surface area (Å²) < 4.78 is 0. The number of rotatable bonds is 6. The van der Waals surface area contributed by atoms with E-state index in [0.717, 1.165) is 25.4 Å². The summed E-state index contributed by atoms with van der Waals surface area (Å²) in [5.74, 6) is 1.14. The summed E-state index contributed by atoms with van der Waals surface area (Å²) in [5.41, 5.74) is 0.464.